The second kappa shape index (κ2) is 7.90. The highest BCUT2D eigenvalue weighted by molar-refractivity contribution is 7.18. The van der Waals surface area contributed by atoms with Gasteiger partial charge >= 0.3 is 0 Å². The summed E-state index contributed by atoms with van der Waals surface area (Å²) in [5, 5.41) is 6.30. The third-order valence-electron chi connectivity index (χ3n) is 3.91. The normalized spacial score (nSPS) is 10.5. The van der Waals surface area contributed by atoms with E-state index in [2.05, 4.69) is 10.6 Å². The molecule has 0 bridgehead atoms. The molecule has 1 aromatic heterocycles. The summed E-state index contributed by atoms with van der Waals surface area (Å²) in [5.74, 6) is -1.10. The van der Waals surface area contributed by atoms with E-state index < -0.39 is 0 Å². The van der Waals surface area contributed by atoms with Crippen LogP contribution >= 0.6 is 22.9 Å². The highest BCUT2D eigenvalue weighted by Crippen LogP contribution is 2.29. The summed E-state index contributed by atoms with van der Waals surface area (Å²) in [7, 11) is 0. The van der Waals surface area contributed by atoms with Crippen LogP contribution in [-0.4, -0.2) is 11.8 Å². The number of halogens is 2. The highest BCUT2D eigenvalue weighted by atomic mass is 35.5. The fourth-order valence-corrected chi connectivity index (χ4v) is 3.64. The van der Waals surface area contributed by atoms with E-state index in [0.29, 0.717) is 37.3 Å². The number of carbonyl (C=O) groups is 2. The Kier molecular flexibility index (Phi) is 5.58. The van der Waals surface area contributed by atoms with E-state index in [1.807, 2.05) is 0 Å². The highest BCUT2D eigenvalue weighted by Gasteiger charge is 2.17. The van der Waals surface area contributed by atoms with Gasteiger partial charge in [0.15, 0.2) is 0 Å². The molecule has 0 spiro atoms. The number of benzene rings is 2. The number of hydrogen-bond donors (Lipinski definition) is 2. The molecule has 0 unspecified atom stereocenters. The number of hydrogen-bond acceptors (Lipinski definition) is 3. The first-order chi connectivity index (χ1) is 12.8. The minimum absolute atomic E-state index is 0.350. The Balaban J connectivity index is 1.75. The lowest BCUT2D eigenvalue weighted by Crippen LogP contribution is -2.12. The number of anilines is 2. The topological polar surface area (TPSA) is 58.2 Å². The minimum Gasteiger partial charge on any atom is -0.321 e. The molecular weight excluding hydrogens is 387 g/mol. The Morgan fingerprint density at radius 3 is 2.41 bits per heavy atom. The molecule has 3 rings (SSSR count). The Morgan fingerprint density at radius 1 is 0.963 bits per heavy atom. The van der Waals surface area contributed by atoms with Gasteiger partial charge in [-0.2, -0.15) is 0 Å². The summed E-state index contributed by atoms with van der Waals surface area (Å²) in [6, 6.07) is 12.9. The van der Waals surface area contributed by atoms with Gasteiger partial charge in [-0.25, -0.2) is 4.39 Å². The van der Waals surface area contributed by atoms with Gasteiger partial charge in [0.1, 0.15) is 5.82 Å². The van der Waals surface area contributed by atoms with Gasteiger partial charge in [-0.1, -0.05) is 29.8 Å². The molecule has 0 aliphatic carbocycles. The van der Waals surface area contributed by atoms with Crippen LogP contribution in [0.2, 0.25) is 5.02 Å². The van der Waals surface area contributed by atoms with E-state index in [0.717, 1.165) is 11.3 Å². The predicted octanol–water partition coefficient (Wildman–Crippen LogP) is 5.66. The average molecular weight is 403 g/mol. The lowest BCUT2D eigenvalue weighted by atomic mass is 10.2. The molecule has 1 heterocycles. The molecular formula is C20H16ClFN2O2S. The smallest absolute Gasteiger partial charge is 0.266 e. The third kappa shape index (κ3) is 4.35. The quantitative estimate of drug-likeness (QED) is 0.591. The Bertz CT molecular complexity index is 1030. The van der Waals surface area contributed by atoms with E-state index in [9.17, 15) is 14.0 Å². The lowest BCUT2D eigenvalue weighted by Gasteiger charge is -2.06. The van der Waals surface area contributed by atoms with Crippen LogP contribution < -0.4 is 10.6 Å². The summed E-state index contributed by atoms with van der Waals surface area (Å²) < 4.78 is 13.6. The van der Waals surface area contributed by atoms with Crippen molar-refractivity contribution in [3.8, 4) is 0 Å². The van der Waals surface area contributed by atoms with Crippen LogP contribution in [0.3, 0.4) is 0 Å². The van der Waals surface area contributed by atoms with E-state index in [-0.39, 0.29) is 17.6 Å². The van der Waals surface area contributed by atoms with E-state index in [1.165, 1.54) is 6.07 Å². The van der Waals surface area contributed by atoms with Crippen molar-refractivity contribution in [3.05, 3.63) is 80.9 Å². The molecule has 7 heteroatoms. The first-order valence-corrected chi connectivity index (χ1v) is 9.28. The third-order valence-corrected chi connectivity index (χ3v) is 5.39. The largest absolute Gasteiger partial charge is 0.321 e. The second-order valence-corrected chi connectivity index (χ2v) is 7.43. The van der Waals surface area contributed by atoms with Gasteiger partial charge in [-0.15, -0.1) is 11.3 Å². The number of amides is 2. The van der Waals surface area contributed by atoms with Crippen LogP contribution in [0.5, 0.6) is 0 Å². The van der Waals surface area contributed by atoms with Crippen molar-refractivity contribution < 1.29 is 14.0 Å². The molecule has 0 fully saturated rings. The molecule has 4 nitrogen and oxygen atoms in total. The van der Waals surface area contributed by atoms with Crippen LogP contribution in [0.25, 0.3) is 0 Å². The summed E-state index contributed by atoms with van der Waals surface area (Å²) in [5.41, 5.74) is 1.94. The van der Waals surface area contributed by atoms with Gasteiger partial charge in [0.25, 0.3) is 11.8 Å². The molecule has 27 heavy (non-hydrogen) atoms. The lowest BCUT2D eigenvalue weighted by molar-refractivity contribution is 0.102. The summed E-state index contributed by atoms with van der Waals surface area (Å²) in [6.45, 7) is 3.42. The number of carbonyl (C=O) groups excluding carboxylic acids is 2. The van der Waals surface area contributed by atoms with Gasteiger partial charge in [0, 0.05) is 5.69 Å². The van der Waals surface area contributed by atoms with Crippen LogP contribution in [0, 0.1) is 19.7 Å². The van der Waals surface area contributed by atoms with Crippen molar-refractivity contribution in [2.45, 2.75) is 13.8 Å². The number of thiophene rings is 1. The fraction of sp³-hybridized carbons (Fsp3) is 0.100. The number of nitrogens with one attached hydrogen (secondary N) is 2. The number of rotatable bonds is 4. The van der Waals surface area contributed by atoms with Crippen LogP contribution in [0.4, 0.5) is 15.1 Å². The maximum Gasteiger partial charge on any atom is 0.266 e. The van der Waals surface area contributed by atoms with E-state index >= 15 is 0 Å². The van der Waals surface area contributed by atoms with Crippen molar-refractivity contribution in [3.63, 3.8) is 0 Å². The van der Waals surface area contributed by atoms with Gasteiger partial charge in [-0.3, -0.25) is 9.59 Å². The summed E-state index contributed by atoms with van der Waals surface area (Å²) in [6.07, 6.45) is 0. The maximum atomic E-state index is 13.6. The molecule has 3 aromatic rings. The molecule has 0 aliphatic rings. The monoisotopic (exact) mass is 402 g/mol. The van der Waals surface area contributed by atoms with Gasteiger partial charge in [-0.05, 0) is 55.3 Å². The van der Waals surface area contributed by atoms with E-state index in [1.54, 1.807) is 56.3 Å². The molecule has 2 N–H and O–H groups in total. The van der Waals surface area contributed by atoms with Crippen molar-refractivity contribution in [1.29, 1.82) is 0 Å². The average Bonchev–Trinajstić information content (AvgIpc) is 2.99. The molecule has 2 amide bonds. The molecule has 0 saturated carbocycles. The second-order valence-electron chi connectivity index (χ2n) is 5.97. The van der Waals surface area contributed by atoms with Gasteiger partial charge in [0.2, 0.25) is 0 Å². The summed E-state index contributed by atoms with van der Waals surface area (Å²) in [4.78, 5) is 25.3. The van der Waals surface area contributed by atoms with Crippen LogP contribution in [0.1, 0.15) is 31.2 Å². The SMILES string of the molecule is Cc1ccc(NC(=O)c2sc(NC(=O)c3ccccc3Cl)cc2C)cc1F. The first-order valence-electron chi connectivity index (χ1n) is 8.09. The van der Waals surface area contributed by atoms with Crippen molar-refractivity contribution >= 4 is 45.4 Å². The first kappa shape index (κ1) is 19.1. The Hall–Kier alpha value is -2.70. The minimum atomic E-state index is -0.386. The fourth-order valence-electron chi connectivity index (χ4n) is 2.45. The summed E-state index contributed by atoms with van der Waals surface area (Å²) >= 11 is 7.18. The zero-order valence-electron chi connectivity index (χ0n) is 14.6. The Morgan fingerprint density at radius 2 is 1.70 bits per heavy atom. The van der Waals surface area contributed by atoms with Crippen molar-refractivity contribution in [2.24, 2.45) is 0 Å². The van der Waals surface area contributed by atoms with Crippen molar-refractivity contribution in [2.75, 3.05) is 10.6 Å². The standard InChI is InChI=1S/C20H16ClFN2O2S/c1-11-7-8-13(10-16(11)22)23-20(26)18-12(2)9-17(27-18)24-19(25)14-5-3-4-6-15(14)21/h3-10H,1-2H3,(H,23,26)(H,24,25). The molecule has 0 radical (unpaired) electrons. The predicted molar refractivity (Wildman–Crippen MR) is 108 cm³/mol. The molecule has 0 saturated heterocycles. The molecule has 138 valence electrons. The number of aryl methyl sites for hydroxylation is 2. The molecule has 0 atom stereocenters. The zero-order chi connectivity index (χ0) is 19.6. The molecule has 2 aromatic carbocycles. The van der Waals surface area contributed by atoms with Crippen LogP contribution in [-0.2, 0) is 0 Å². The van der Waals surface area contributed by atoms with Gasteiger partial charge < -0.3 is 10.6 Å². The Labute approximate surface area is 165 Å². The molecule has 0 aliphatic heterocycles. The zero-order valence-corrected chi connectivity index (χ0v) is 16.2. The van der Waals surface area contributed by atoms with E-state index in [4.69, 9.17) is 11.6 Å². The van der Waals surface area contributed by atoms with Crippen LogP contribution in [0.15, 0.2) is 48.5 Å². The van der Waals surface area contributed by atoms with Crippen molar-refractivity contribution in [1.82, 2.24) is 0 Å². The maximum absolute atomic E-state index is 13.6. The van der Waals surface area contributed by atoms with Gasteiger partial charge in [0.05, 0.1) is 20.5 Å².